The summed E-state index contributed by atoms with van der Waals surface area (Å²) in [4.78, 5) is 22.9. The molecule has 1 aliphatic rings. The molecule has 0 aromatic heterocycles. The smallest absolute Gasteiger partial charge is 0.286 e. The van der Waals surface area contributed by atoms with Crippen LogP contribution in [0.4, 0.5) is 10.1 Å². The molecule has 0 fully saturated rings. The molecule has 2 aromatic rings. The maximum atomic E-state index is 13.4. The number of carbonyl (C=O) groups excluding carboxylic acids is 1. The molecule has 1 aliphatic heterocycles. The van der Waals surface area contributed by atoms with Crippen LogP contribution < -0.4 is 19.5 Å². The molecule has 1 N–H and O–H groups in total. The van der Waals surface area contributed by atoms with Crippen LogP contribution >= 0.6 is 0 Å². The minimum Gasteiger partial charge on any atom is -0.489 e. The molecule has 0 saturated heterocycles. The van der Waals surface area contributed by atoms with Gasteiger partial charge in [-0.25, -0.2) is 4.39 Å². The molecule has 136 valence electrons. The van der Waals surface area contributed by atoms with E-state index in [-0.39, 0.29) is 48.3 Å². The molecule has 8 nitrogen and oxygen atoms in total. The number of carbonyl (C=O) groups is 1. The van der Waals surface area contributed by atoms with Crippen molar-refractivity contribution in [3.05, 3.63) is 57.9 Å². The molecule has 26 heavy (non-hydrogen) atoms. The highest BCUT2D eigenvalue weighted by molar-refractivity contribution is 5.99. The van der Waals surface area contributed by atoms with E-state index in [4.69, 9.17) is 14.2 Å². The number of fused-ring (bicyclic) bond motifs is 1. The van der Waals surface area contributed by atoms with Crippen molar-refractivity contribution in [2.75, 3.05) is 26.4 Å². The lowest BCUT2D eigenvalue weighted by Gasteiger charge is -2.18. The first kappa shape index (κ1) is 17.5. The number of hydrogen-bond acceptors (Lipinski definition) is 6. The highest BCUT2D eigenvalue weighted by atomic mass is 19.1. The van der Waals surface area contributed by atoms with Crippen molar-refractivity contribution >= 4 is 11.6 Å². The van der Waals surface area contributed by atoms with Gasteiger partial charge in [-0.1, -0.05) is 12.1 Å². The van der Waals surface area contributed by atoms with Gasteiger partial charge in [0.15, 0.2) is 23.1 Å². The average molecular weight is 362 g/mol. The number of nitrogens with zero attached hydrogens (tertiary/aromatic N) is 1. The van der Waals surface area contributed by atoms with E-state index >= 15 is 0 Å². The second kappa shape index (κ2) is 7.68. The second-order valence-electron chi connectivity index (χ2n) is 5.30. The van der Waals surface area contributed by atoms with Crippen LogP contribution in [0.1, 0.15) is 10.4 Å². The van der Waals surface area contributed by atoms with Gasteiger partial charge in [0.1, 0.15) is 25.4 Å². The summed E-state index contributed by atoms with van der Waals surface area (Å²) < 4.78 is 29.3. The predicted octanol–water partition coefficient (Wildman–Crippen LogP) is 2.31. The van der Waals surface area contributed by atoms with Gasteiger partial charge in [0.05, 0.1) is 17.5 Å². The molecule has 1 heterocycles. The van der Waals surface area contributed by atoms with Gasteiger partial charge in [-0.15, -0.1) is 0 Å². The number of nitro benzene ring substituents is 1. The first-order valence-electron chi connectivity index (χ1n) is 7.80. The van der Waals surface area contributed by atoms with Crippen LogP contribution in [0.2, 0.25) is 0 Å². The zero-order valence-corrected chi connectivity index (χ0v) is 13.6. The Kier molecular flexibility index (Phi) is 5.16. The Balaban J connectivity index is 1.65. The fourth-order valence-corrected chi connectivity index (χ4v) is 2.39. The molecule has 2 aromatic carbocycles. The molecule has 1 amide bonds. The van der Waals surface area contributed by atoms with Crippen LogP contribution in [0.5, 0.6) is 17.2 Å². The summed E-state index contributed by atoms with van der Waals surface area (Å²) >= 11 is 0. The summed E-state index contributed by atoms with van der Waals surface area (Å²) in [5.41, 5.74) is -0.535. The third-order valence-corrected chi connectivity index (χ3v) is 3.58. The highest BCUT2D eigenvalue weighted by Crippen LogP contribution is 2.36. The van der Waals surface area contributed by atoms with Crippen LogP contribution in [0.25, 0.3) is 0 Å². The summed E-state index contributed by atoms with van der Waals surface area (Å²) in [7, 11) is 0. The quantitative estimate of drug-likeness (QED) is 0.481. The standard InChI is InChI=1S/C17H15FN2O6/c18-12-3-1-2-4-14(12)24-6-5-19-17(21)11-9-15-16(26-8-7-25-15)10-13(11)20(22)23/h1-4,9-10H,5-8H2,(H,19,21). The number of nitro groups is 1. The van der Waals surface area contributed by atoms with Crippen molar-refractivity contribution in [2.45, 2.75) is 0 Å². The van der Waals surface area contributed by atoms with Crippen LogP contribution in [-0.4, -0.2) is 37.2 Å². The third kappa shape index (κ3) is 3.82. The molecular formula is C17H15FN2O6. The molecule has 0 bridgehead atoms. The van der Waals surface area contributed by atoms with Gasteiger partial charge in [0, 0.05) is 6.07 Å². The number of nitrogens with one attached hydrogen (secondary N) is 1. The number of benzene rings is 2. The zero-order valence-electron chi connectivity index (χ0n) is 13.6. The molecule has 9 heteroatoms. The summed E-state index contributed by atoms with van der Waals surface area (Å²) in [6, 6.07) is 8.31. The van der Waals surface area contributed by atoms with E-state index in [0.29, 0.717) is 6.61 Å². The Bertz CT molecular complexity index is 842. The third-order valence-electron chi connectivity index (χ3n) is 3.58. The number of para-hydroxylation sites is 1. The van der Waals surface area contributed by atoms with Crippen LogP contribution in [-0.2, 0) is 0 Å². The lowest BCUT2D eigenvalue weighted by atomic mass is 10.1. The minimum absolute atomic E-state index is 0.00498. The molecule has 0 saturated carbocycles. The Morgan fingerprint density at radius 3 is 2.62 bits per heavy atom. The molecule has 0 unspecified atom stereocenters. The van der Waals surface area contributed by atoms with Crippen molar-refractivity contribution in [1.82, 2.24) is 5.32 Å². The maximum absolute atomic E-state index is 13.4. The van der Waals surface area contributed by atoms with Crippen LogP contribution in [0.3, 0.4) is 0 Å². The zero-order chi connectivity index (χ0) is 18.5. The van der Waals surface area contributed by atoms with Gasteiger partial charge in [-0.2, -0.15) is 0 Å². The van der Waals surface area contributed by atoms with Gasteiger partial charge >= 0.3 is 0 Å². The Morgan fingerprint density at radius 2 is 1.92 bits per heavy atom. The number of ether oxygens (including phenoxy) is 3. The minimum atomic E-state index is -0.664. The van der Waals surface area contributed by atoms with E-state index in [0.717, 1.165) is 0 Å². The molecule has 0 radical (unpaired) electrons. The molecule has 0 spiro atoms. The summed E-state index contributed by atoms with van der Waals surface area (Å²) in [5.74, 6) is -0.615. The van der Waals surface area contributed by atoms with Gasteiger partial charge in [0.25, 0.3) is 11.6 Å². The number of amides is 1. The van der Waals surface area contributed by atoms with E-state index in [1.165, 1.54) is 30.3 Å². The summed E-state index contributed by atoms with van der Waals surface area (Å²) in [6.07, 6.45) is 0. The van der Waals surface area contributed by atoms with Crippen molar-refractivity contribution in [1.29, 1.82) is 0 Å². The Labute approximate surface area is 147 Å². The first-order chi connectivity index (χ1) is 12.6. The predicted molar refractivity (Wildman–Crippen MR) is 88.3 cm³/mol. The largest absolute Gasteiger partial charge is 0.489 e. The van der Waals surface area contributed by atoms with Crippen molar-refractivity contribution in [3.63, 3.8) is 0 Å². The number of rotatable bonds is 6. The highest BCUT2D eigenvalue weighted by Gasteiger charge is 2.26. The van der Waals surface area contributed by atoms with Crippen LogP contribution in [0.15, 0.2) is 36.4 Å². The molecule has 3 rings (SSSR count). The molecular weight excluding hydrogens is 347 g/mol. The van der Waals surface area contributed by atoms with E-state index < -0.39 is 16.6 Å². The average Bonchev–Trinajstić information content (AvgIpc) is 2.65. The van der Waals surface area contributed by atoms with Gasteiger partial charge in [-0.3, -0.25) is 14.9 Å². The first-order valence-corrected chi connectivity index (χ1v) is 7.80. The monoisotopic (exact) mass is 362 g/mol. The lowest BCUT2D eigenvalue weighted by molar-refractivity contribution is -0.385. The topological polar surface area (TPSA) is 99.9 Å². The lowest BCUT2D eigenvalue weighted by Crippen LogP contribution is -2.29. The summed E-state index contributed by atoms with van der Waals surface area (Å²) in [6.45, 7) is 0.620. The van der Waals surface area contributed by atoms with E-state index in [1.54, 1.807) is 6.07 Å². The number of halogens is 1. The summed E-state index contributed by atoms with van der Waals surface area (Å²) in [5, 5.41) is 13.7. The molecule has 0 aliphatic carbocycles. The fraction of sp³-hybridized carbons (Fsp3) is 0.235. The van der Waals surface area contributed by atoms with E-state index in [9.17, 15) is 19.3 Å². The Morgan fingerprint density at radius 1 is 1.23 bits per heavy atom. The Hall–Kier alpha value is -3.36. The van der Waals surface area contributed by atoms with Gasteiger partial charge < -0.3 is 19.5 Å². The SMILES string of the molecule is O=C(NCCOc1ccccc1F)c1cc2c(cc1[N+](=O)[O-])OCCO2. The van der Waals surface area contributed by atoms with Crippen LogP contribution in [0, 0.1) is 15.9 Å². The number of hydrogen-bond donors (Lipinski definition) is 1. The second-order valence-corrected chi connectivity index (χ2v) is 5.30. The fourth-order valence-electron chi connectivity index (χ4n) is 2.39. The van der Waals surface area contributed by atoms with E-state index in [1.807, 2.05) is 0 Å². The van der Waals surface area contributed by atoms with Gasteiger partial charge in [0.2, 0.25) is 0 Å². The van der Waals surface area contributed by atoms with Gasteiger partial charge in [-0.05, 0) is 12.1 Å². The van der Waals surface area contributed by atoms with E-state index in [2.05, 4.69) is 5.32 Å². The van der Waals surface area contributed by atoms with Crippen molar-refractivity contribution in [2.24, 2.45) is 0 Å². The van der Waals surface area contributed by atoms with Crippen molar-refractivity contribution < 1.29 is 28.3 Å². The van der Waals surface area contributed by atoms with Crippen molar-refractivity contribution in [3.8, 4) is 17.2 Å². The molecule has 0 atom stereocenters. The maximum Gasteiger partial charge on any atom is 0.286 e. The normalized spacial score (nSPS) is 12.3.